The van der Waals surface area contributed by atoms with E-state index in [4.69, 9.17) is 4.42 Å². The van der Waals surface area contributed by atoms with Crippen molar-refractivity contribution in [2.75, 3.05) is 11.9 Å². The topological polar surface area (TPSA) is 79.6 Å². The highest BCUT2D eigenvalue weighted by Gasteiger charge is 2.36. The number of nitrogens with zero attached hydrogens (tertiary/aromatic N) is 1. The fourth-order valence-corrected chi connectivity index (χ4v) is 4.07. The summed E-state index contributed by atoms with van der Waals surface area (Å²) in [6.45, 7) is 3.44. The molecular weight excluding hydrogens is 431 g/mol. The van der Waals surface area contributed by atoms with Crippen molar-refractivity contribution in [3.8, 4) is 11.3 Å². The molecule has 0 spiro atoms. The first-order valence-corrected chi connectivity index (χ1v) is 10.6. The lowest BCUT2D eigenvalue weighted by Gasteiger charge is -2.13. The van der Waals surface area contributed by atoms with Crippen LogP contribution < -0.4 is 5.32 Å². The van der Waals surface area contributed by atoms with Gasteiger partial charge in [-0.05, 0) is 73.6 Å². The fourth-order valence-electron chi connectivity index (χ4n) is 3.25. The Morgan fingerprint density at radius 2 is 1.84 bits per heavy atom. The van der Waals surface area contributed by atoms with Crippen LogP contribution in [0.15, 0.2) is 63.9 Å². The number of furan rings is 1. The quantitative estimate of drug-likeness (QED) is 0.528. The number of aryl methyl sites for hydroxylation is 2. The molecule has 8 heteroatoms. The number of thioether (sulfide) groups is 1. The second kappa shape index (κ2) is 8.84. The largest absolute Gasteiger partial charge is 0.457 e. The highest BCUT2D eigenvalue weighted by atomic mass is 32.2. The zero-order valence-corrected chi connectivity index (χ0v) is 18.2. The van der Waals surface area contributed by atoms with Gasteiger partial charge in [0.1, 0.15) is 23.9 Å². The summed E-state index contributed by atoms with van der Waals surface area (Å²) in [5.74, 6) is -0.499. The van der Waals surface area contributed by atoms with E-state index in [0.29, 0.717) is 22.8 Å². The minimum atomic E-state index is -0.560. The molecule has 1 fully saturated rings. The van der Waals surface area contributed by atoms with Crippen molar-refractivity contribution >= 4 is 40.6 Å². The number of nitrogens with one attached hydrogen (secondary N) is 1. The van der Waals surface area contributed by atoms with Gasteiger partial charge in [-0.1, -0.05) is 17.7 Å². The number of carbonyl (C=O) groups is 3. The summed E-state index contributed by atoms with van der Waals surface area (Å²) in [5, 5.41) is 2.21. The summed E-state index contributed by atoms with van der Waals surface area (Å²) in [4.78, 5) is 38.5. The summed E-state index contributed by atoms with van der Waals surface area (Å²) < 4.78 is 18.8. The minimum absolute atomic E-state index is 0.161. The molecule has 0 bridgehead atoms. The summed E-state index contributed by atoms with van der Waals surface area (Å²) >= 11 is 0.746. The maximum atomic E-state index is 13.1. The van der Waals surface area contributed by atoms with Crippen LogP contribution >= 0.6 is 11.8 Å². The van der Waals surface area contributed by atoms with E-state index in [9.17, 15) is 18.8 Å². The van der Waals surface area contributed by atoms with Gasteiger partial charge < -0.3 is 9.73 Å². The predicted octanol–water partition coefficient (Wildman–Crippen LogP) is 5.38. The molecule has 32 heavy (non-hydrogen) atoms. The average Bonchev–Trinajstić information content (AvgIpc) is 3.31. The van der Waals surface area contributed by atoms with Gasteiger partial charge in [0.05, 0.1) is 4.91 Å². The van der Waals surface area contributed by atoms with E-state index >= 15 is 0 Å². The Morgan fingerprint density at radius 3 is 2.56 bits per heavy atom. The molecule has 1 N–H and O–H groups in total. The van der Waals surface area contributed by atoms with Crippen LogP contribution in [0.2, 0.25) is 0 Å². The van der Waals surface area contributed by atoms with Crippen molar-refractivity contribution in [1.82, 2.24) is 4.90 Å². The number of hydrogen-bond acceptors (Lipinski definition) is 5. The maximum Gasteiger partial charge on any atom is 0.294 e. The number of anilines is 1. The molecule has 0 radical (unpaired) electrons. The molecule has 4 rings (SSSR count). The van der Waals surface area contributed by atoms with E-state index in [-0.39, 0.29) is 17.3 Å². The average molecular weight is 450 g/mol. The smallest absolute Gasteiger partial charge is 0.294 e. The summed E-state index contributed by atoms with van der Waals surface area (Å²) in [6.07, 6.45) is 1.46. The van der Waals surface area contributed by atoms with Crippen LogP contribution in [0.4, 0.5) is 14.9 Å². The number of amides is 3. The Balaban J connectivity index is 1.45. The Kier molecular flexibility index (Phi) is 5.96. The molecule has 2 heterocycles. The molecule has 0 saturated carbocycles. The molecular formula is C24H19FN2O4S. The van der Waals surface area contributed by atoms with E-state index in [1.165, 1.54) is 18.2 Å². The predicted molar refractivity (Wildman–Crippen MR) is 121 cm³/mol. The molecule has 1 aromatic heterocycles. The van der Waals surface area contributed by atoms with Crippen LogP contribution in [0.3, 0.4) is 0 Å². The number of hydrogen-bond donors (Lipinski definition) is 1. The molecule has 2 aromatic carbocycles. The first-order chi connectivity index (χ1) is 15.3. The molecule has 6 nitrogen and oxygen atoms in total. The van der Waals surface area contributed by atoms with Gasteiger partial charge in [-0.15, -0.1) is 0 Å². The Morgan fingerprint density at radius 1 is 1.09 bits per heavy atom. The normalized spacial score (nSPS) is 15.0. The third-order valence-corrected chi connectivity index (χ3v) is 5.77. The van der Waals surface area contributed by atoms with Crippen molar-refractivity contribution in [1.29, 1.82) is 0 Å². The van der Waals surface area contributed by atoms with Gasteiger partial charge >= 0.3 is 0 Å². The Hall–Kier alpha value is -3.65. The molecule has 0 aliphatic carbocycles. The Labute approximate surface area is 188 Å². The number of halogens is 1. The number of rotatable bonds is 5. The third-order valence-electron chi connectivity index (χ3n) is 4.86. The maximum absolute atomic E-state index is 13.1. The van der Waals surface area contributed by atoms with Crippen LogP contribution in [-0.2, 0) is 9.59 Å². The van der Waals surface area contributed by atoms with Crippen molar-refractivity contribution in [3.63, 3.8) is 0 Å². The molecule has 3 amide bonds. The van der Waals surface area contributed by atoms with Crippen molar-refractivity contribution in [3.05, 3.63) is 82.2 Å². The van der Waals surface area contributed by atoms with Crippen molar-refractivity contribution < 1.29 is 23.2 Å². The first kappa shape index (κ1) is 21.6. The number of benzene rings is 2. The van der Waals surface area contributed by atoms with Gasteiger partial charge in [0.2, 0.25) is 5.91 Å². The summed E-state index contributed by atoms with van der Waals surface area (Å²) in [6, 6.07) is 14.8. The molecule has 1 saturated heterocycles. The zero-order chi connectivity index (χ0) is 22.8. The van der Waals surface area contributed by atoms with Gasteiger partial charge in [0.15, 0.2) is 0 Å². The molecule has 162 valence electrons. The summed E-state index contributed by atoms with van der Waals surface area (Å²) in [5.41, 5.74) is 3.27. The van der Waals surface area contributed by atoms with Gasteiger partial charge in [-0.25, -0.2) is 4.39 Å². The van der Waals surface area contributed by atoms with Crippen LogP contribution in [-0.4, -0.2) is 28.5 Å². The molecule has 1 aliphatic rings. The lowest BCUT2D eigenvalue weighted by molar-refractivity contribution is -0.127. The van der Waals surface area contributed by atoms with Crippen LogP contribution in [0.25, 0.3) is 17.4 Å². The zero-order valence-electron chi connectivity index (χ0n) is 17.3. The van der Waals surface area contributed by atoms with E-state index in [1.807, 2.05) is 26.0 Å². The van der Waals surface area contributed by atoms with Gasteiger partial charge in [-0.2, -0.15) is 0 Å². The second-order valence-electron chi connectivity index (χ2n) is 7.34. The van der Waals surface area contributed by atoms with Crippen LogP contribution in [0, 0.1) is 19.7 Å². The first-order valence-electron chi connectivity index (χ1n) is 9.78. The number of imide groups is 1. The van der Waals surface area contributed by atoms with E-state index in [2.05, 4.69) is 5.32 Å². The van der Waals surface area contributed by atoms with Crippen molar-refractivity contribution in [2.24, 2.45) is 0 Å². The van der Waals surface area contributed by atoms with E-state index < -0.39 is 17.1 Å². The minimum Gasteiger partial charge on any atom is -0.457 e. The molecule has 3 aromatic rings. The molecule has 0 atom stereocenters. The number of carbonyl (C=O) groups excluding carboxylic acids is 3. The lowest BCUT2D eigenvalue weighted by Crippen LogP contribution is -2.36. The van der Waals surface area contributed by atoms with Gasteiger partial charge in [0, 0.05) is 17.3 Å². The van der Waals surface area contributed by atoms with Crippen LogP contribution in [0.1, 0.15) is 16.9 Å². The fraction of sp³-hybridized carbons (Fsp3) is 0.125. The Bertz CT molecular complexity index is 1250. The van der Waals surface area contributed by atoms with Gasteiger partial charge in [-0.3, -0.25) is 19.3 Å². The van der Waals surface area contributed by atoms with E-state index in [1.54, 1.807) is 30.3 Å². The lowest BCUT2D eigenvalue weighted by atomic mass is 10.1. The summed E-state index contributed by atoms with van der Waals surface area (Å²) in [7, 11) is 0. The molecule has 1 aliphatic heterocycles. The highest BCUT2D eigenvalue weighted by molar-refractivity contribution is 8.18. The monoisotopic (exact) mass is 450 g/mol. The second-order valence-corrected chi connectivity index (χ2v) is 8.34. The van der Waals surface area contributed by atoms with Gasteiger partial charge in [0.25, 0.3) is 11.1 Å². The molecule has 0 unspecified atom stereocenters. The SMILES string of the molecule is Cc1ccc(NC(=O)CN2C(=O)S/C(=C\c3ccc(-c4ccc(F)cc4)o3)C2=O)c(C)c1. The standard InChI is InChI=1S/C24H19FN2O4S/c1-14-3-9-19(15(2)11-14)26-22(28)13-27-23(29)21(32-24(27)30)12-18-8-10-20(31-18)16-4-6-17(25)7-5-16/h3-12H,13H2,1-2H3,(H,26,28)/b21-12-. The highest BCUT2D eigenvalue weighted by Crippen LogP contribution is 2.33. The van der Waals surface area contributed by atoms with Crippen LogP contribution in [0.5, 0.6) is 0 Å². The van der Waals surface area contributed by atoms with E-state index in [0.717, 1.165) is 27.8 Å². The third kappa shape index (κ3) is 4.65. The van der Waals surface area contributed by atoms with Crippen molar-refractivity contribution in [2.45, 2.75) is 13.8 Å².